The van der Waals surface area contributed by atoms with Gasteiger partial charge in [0, 0.05) is 38.4 Å². The molecule has 0 bridgehead atoms. The maximum absolute atomic E-state index is 12.5. The van der Waals surface area contributed by atoms with Crippen LogP contribution >= 0.6 is 0 Å². The quantitative estimate of drug-likeness (QED) is 0.610. The third kappa shape index (κ3) is 6.84. The Labute approximate surface area is 176 Å². The van der Waals surface area contributed by atoms with Gasteiger partial charge in [-0.15, -0.1) is 0 Å². The summed E-state index contributed by atoms with van der Waals surface area (Å²) in [6, 6.07) is 6.14. The van der Waals surface area contributed by atoms with Crippen molar-refractivity contribution in [1.29, 1.82) is 0 Å². The van der Waals surface area contributed by atoms with Crippen LogP contribution in [0.25, 0.3) is 0 Å². The molecule has 1 aliphatic heterocycles. The minimum Gasteiger partial charge on any atom is -0.465 e. The zero-order valence-corrected chi connectivity index (χ0v) is 17.9. The van der Waals surface area contributed by atoms with Crippen molar-refractivity contribution >= 4 is 35.1 Å². The summed E-state index contributed by atoms with van der Waals surface area (Å²) in [5, 5.41) is 5.51. The smallest absolute Gasteiger partial charge is 0.307 e. The summed E-state index contributed by atoms with van der Waals surface area (Å²) in [6.07, 6.45) is -0.0993. The van der Waals surface area contributed by atoms with Crippen LogP contribution in [0, 0.1) is 5.92 Å². The minimum atomic E-state index is -0.740. The lowest BCUT2D eigenvalue weighted by Gasteiger charge is -2.33. The van der Waals surface area contributed by atoms with Gasteiger partial charge < -0.3 is 20.3 Å². The molecule has 1 heterocycles. The fourth-order valence-electron chi connectivity index (χ4n) is 2.98. The molecule has 0 spiro atoms. The maximum Gasteiger partial charge on any atom is 0.307 e. The molecule has 9 heteroatoms. The first-order valence-electron chi connectivity index (χ1n) is 9.99. The van der Waals surface area contributed by atoms with Gasteiger partial charge in [-0.05, 0) is 30.2 Å². The molecule has 164 valence electrons. The van der Waals surface area contributed by atoms with Crippen molar-refractivity contribution in [3.05, 3.63) is 24.3 Å². The molecule has 0 radical (unpaired) electrons. The van der Waals surface area contributed by atoms with Crippen LogP contribution in [0.2, 0.25) is 0 Å². The molecule has 1 atom stereocenters. The normalized spacial score (nSPS) is 16.7. The average molecular weight is 418 g/mol. The number of esters is 1. The van der Waals surface area contributed by atoms with Crippen LogP contribution in [0.3, 0.4) is 0 Å². The Morgan fingerprint density at radius 3 is 2.53 bits per heavy atom. The van der Waals surface area contributed by atoms with Crippen LogP contribution in [0.1, 0.15) is 27.2 Å². The highest BCUT2D eigenvalue weighted by atomic mass is 16.5. The Morgan fingerprint density at radius 2 is 1.93 bits per heavy atom. The number of carbonyl (C=O) groups is 4. The first-order chi connectivity index (χ1) is 14.2. The van der Waals surface area contributed by atoms with Crippen LogP contribution in [-0.4, -0.2) is 67.9 Å². The maximum atomic E-state index is 12.5. The van der Waals surface area contributed by atoms with E-state index in [1.165, 1.54) is 11.8 Å². The predicted octanol–water partition coefficient (Wildman–Crippen LogP) is 0.998. The fourth-order valence-corrected chi connectivity index (χ4v) is 2.98. The van der Waals surface area contributed by atoms with E-state index in [1.807, 2.05) is 13.8 Å². The van der Waals surface area contributed by atoms with Gasteiger partial charge in [0.2, 0.25) is 17.7 Å². The molecule has 0 aromatic heterocycles. The van der Waals surface area contributed by atoms with Gasteiger partial charge in [0.15, 0.2) is 0 Å². The molecule has 3 amide bonds. The highest BCUT2D eigenvalue weighted by molar-refractivity contribution is 5.95. The molecule has 1 fully saturated rings. The number of hydrogen-bond acceptors (Lipinski definition) is 6. The number of amides is 3. The standard InChI is InChI=1S/C21H30N4O5/c1-14(2)13-30-20(28)11-18-21(29)22-9-10-25(18)12-19(27)23-16-5-7-17(8-6-16)24(4)15(3)26/h5-8,14,18H,9-13H2,1-4H3,(H,22,29)(H,23,27). The van der Waals surface area contributed by atoms with E-state index in [9.17, 15) is 19.2 Å². The number of anilines is 2. The Bertz CT molecular complexity index is 778. The first kappa shape index (κ1) is 23.3. The van der Waals surface area contributed by atoms with Gasteiger partial charge in [-0.2, -0.15) is 0 Å². The Balaban J connectivity index is 1.95. The summed E-state index contributed by atoms with van der Waals surface area (Å²) in [7, 11) is 1.67. The molecule has 2 N–H and O–H groups in total. The number of carbonyl (C=O) groups excluding carboxylic acids is 4. The van der Waals surface area contributed by atoms with Crippen molar-refractivity contribution in [1.82, 2.24) is 10.2 Å². The second-order valence-electron chi connectivity index (χ2n) is 7.73. The zero-order chi connectivity index (χ0) is 22.3. The van der Waals surface area contributed by atoms with Crippen LogP contribution in [0.4, 0.5) is 11.4 Å². The summed E-state index contributed by atoms with van der Waals surface area (Å²) in [5.41, 5.74) is 1.29. The predicted molar refractivity (Wildman–Crippen MR) is 113 cm³/mol. The molecule has 9 nitrogen and oxygen atoms in total. The van der Waals surface area contributed by atoms with Gasteiger partial charge in [0.25, 0.3) is 0 Å². The lowest BCUT2D eigenvalue weighted by molar-refractivity contribution is -0.149. The lowest BCUT2D eigenvalue weighted by Crippen LogP contribution is -2.57. The summed E-state index contributed by atoms with van der Waals surface area (Å²) < 4.78 is 5.18. The first-order valence-corrected chi connectivity index (χ1v) is 9.99. The van der Waals surface area contributed by atoms with Crippen molar-refractivity contribution in [2.75, 3.05) is 43.5 Å². The second kappa shape index (κ2) is 10.7. The van der Waals surface area contributed by atoms with E-state index in [2.05, 4.69) is 10.6 Å². The Kier molecular flexibility index (Phi) is 8.35. The molecule has 0 aliphatic carbocycles. The van der Waals surface area contributed by atoms with Crippen LogP contribution in [-0.2, 0) is 23.9 Å². The zero-order valence-electron chi connectivity index (χ0n) is 17.9. The van der Waals surface area contributed by atoms with Gasteiger partial charge in [0.05, 0.1) is 19.6 Å². The lowest BCUT2D eigenvalue weighted by atomic mass is 10.1. The SMILES string of the molecule is CC(=O)N(C)c1ccc(NC(=O)CN2CCNC(=O)C2CC(=O)OCC(C)C)cc1. The van der Waals surface area contributed by atoms with Gasteiger partial charge in [-0.1, -0.05) is 13.8 Å². The molecule has 1 aromatic rings. The summed E-state index contributed by atoms with van der Waals surface area (Å²) in [6.45, 7) is 6.48. The van der Waals surface area contributed by atoms with Crippen molar-refractivity contribution in [2.24, 2.45) is 5.92 Å². The number of hydrogen-bond donors (Lipinski definition) is 2. The molecule has 1 saturated heterocycles. The third-order valence-electron chi connectivity index (χ3n) is 4.74. The van der Waals surface area contributed by atoms with E-state index in [4.69, 9.17) is 4.74 Å². The molecule has 30 heavy (non-hydrogen) atoms. The highest BCUT2D eigenvalue weighted by Gasteiger charge is 2.33. The largest absolute Gasteiger partial charge is 0.465 e. The molecule has 0 saturated carbocycles. The topological polar surface area (TPSA) is 108 Å². The number of piperazine rings is 1. The average Bonchev–Trinajstić information content (AvgIpc) is 2.69. The van der Waals surface area contributed by atoms with E-state index in [0.717, 1.165) is 0 Å². The van der Waals surface area contributed by atoms with Gasteiger partial charge in [0.1, 0.15) is 6.04 Å². The van der Waals surface area contributed by atoms with E-state index in [1.54, 1.807) is 36.2 Å². The molecular weight excluding hydrogens is 388 g/mol. The summed E-state index contributed by atoms with van der Waals surface area (Å²) >= 11 is 0. The van der Waals surface area contributed by atoms with Crippen molar-refractivity contribution in [2.45, 2.75) is 33.2 Å². The summed E-state index contributed by atoms with van der Waals surface area (Å²) in [5.74, 6) is -0.919. The second-order valence-corrected chi connectivity index (χ2v) is 7.73. The van der Waals surface area contributed by atoms with E-state index < -0.39 is 12.0 Å². The van der Waals surface area contributed by atoms with Crippen LogP contribution in [0.5, 0.6) is 0 Å². The number of ether oxygens (including phenoxy) is 1. The molecule has 1 aromatic carbocycles. The number of nitrogens with zero attached hydrogens (tertiary/aromatic N) is 2. The number of rotatable bonds is 8. The van der Waals surface area contributed by atoms with Crippen molar-refractivity contribution in [3.8, 4) is 0 Å². The van der Waals surface area contributed by atoms with Gasteiger partial charge in [-0.25, -0.2) is 0 Å². The monoisotopic (exact) mass is 418 g/mol. The molecular formula is C21H30N4O5. The van der Waals surface area contributed by atoms with Gasteiger partial charge in [-0.3, -0.25) is 24.1 Å². The van der Waals surface area contributed by atoms with E-state index >= 15 is 0 Å². The number of nitrogens with one attached hydrogen (secondary N) is 2. The van der Waals surface area contributed by atoms with E-state index in [-0.39, 0.29) is 36.6 Å². The fraction of sp³-hybridized carbons (Fsp3) is 0.524. The van der Waals surface area contributed by atoms with Crippen molar-refractivity contribution < 1.29 is 23.9 Å². The van der Waals surface area contributed by atoms with Crippen LogP contribution < -0.4 is 15.5 Å². The molecule has 1 unspecified atom stereocenters. The molecule has 1 aliphatic rings. The summed E-state index contributed by atoms with van der Waals surface area (Å²) in [4.78, 5) is 51.4. The Hall–Kier alpha value is -2.94. The van der Waals surface area contributed by atoms with Gasteiger partial charge >= 0.3 is 5.97 Å². The van der Waals surface area contributed by atoms with Crippen molar-refractivity contribution in [3.63, 3.8) is 0 Å². The molecule has 2 rings (SSSR count). The number of benzene rings is 1. The van der Waals surface area contributed by atoms with Crippen LogP contribution in [0.15, 0.2) is 24.3 Å². The third-order valence-corrected chi connectivity index (χ3v) is 4.74. The van der Waals surface area contributed by atoms with E-state index in [0.29, 0.717) is 31.1 Å². The highest BCUT2D eigenvalue weighted by Crippen LogP contribution is 2.17. The Morgan fingerprint density at radius 1 is 1.27 bits per heavy atom. The minimum absolute atomic E-state index is 0.0232.